The maximum Gasteiger partial charge on any atom is 0.340 e. The maximum absolute atomic E-state index is 14.6. The number of H-pyrrole nitrogens is 1. The molecule has 0 aliphatic carbocycles. The summed E-state index contributed by atoms with van der Waals surface area (Å²) in [6, 6.07) is 5.79. The number of nitrogens with zero attached hydrogens (tertiary/aromatic N) is 1. The lowest BCUT2D eigenvalue weighted by Crippen LogP contribution is -2.50. The van der Waals surface area contributed by atoms with Gasteiger partial charge in [-0.1, -0.05) is 18.2 Å². The number of aromatic amines is 1. The highest BCUT2D eigenvalue weighted by atomic mass is 19.1. The summed E-state index contributed by atoms with van der Waals surface area (Å²) in [4.78, 5) is 43.0. The van der Waals surface area contributed by atoms with Gasteiger partial charge in [-0.05, 0) is 33.8 Å². The molecule has 7 nitrogen and oxygen atoms in total. The quantitative estimate of drug-likeness (QED) is 0.460. The molecule has 1 fully saturated rings. The SMILES string of the molecule is CCOC(=O)c1c(C)[nH]c(C(=O)C(=O)N2C[C@H](C)O[C@@H](C)C2)c1-c1ccccc1F. The topological polar surface area (TPSA) is 88.7 Å². The summed E-state index contributed by atoms with van der Waals surface area (Å²) in [7, 11) is 0. The van der Waals surface area contributed by atoms with Crippen molar-refractivity contribution in [2.45, 2.75) is 39.9 Å². The molecule has 2 aromatic rings. The fourth-order valence-corrected chi connectivity index (χ4v) is 3.78. The van der Waals surface area contributed by atoms with Crippen LogP contribution >= 0.6 is 0 Å². The molecule has 0 radical (unpaired) electrons. The number of aromatic nitrogens is 1. The molecule has 1 N–H and O–H groups in total. The fraction of sp³-hybridized carbons (Fsp3) is 0.409. The van der Waals surface area contributed by atoms with Crippen molar-refractivity contribution in [1.82, 2.24) is 9.88 Å². The number of rotatable bonds is 5. The highest BCUT2D eigenvalue weighted by Crippen LogP contribution is 2.33. The number of aryl methyl sites for hydroxylation is 1. The number of ether oxygens (including phenoxy) is 2. The fourth-order valence-electron chi connectivity index (χ4n) is 3.78. The standard InChI is InChI=1S/C22H25FN2O5/c1-5-29-22(28)17-14(4)24-19(18(17)15-8-6-7-9-16(15)23)20(26)21(27)25-10-12(2)30-13(3)11-25/h6-9,12-13,24H,5,10-11H2,1-4H3/t12-,13-/m0/s1. The van der Waals surface area contributed by atoms with Crippen molar-refractivity contribution in [3.8, 4) is 11.1 Å². The molecule has 2 atom stereocenters. The molecule has 0 unspecified atom stereocenters. The first-order valence-electron chi connectivity index (χ1n) is 9.88. The largest absolute Gasteiger partial charge is 0.462 e. The number of esters is 1. The van der Waals surface area contributed by atoms with Crippen LogP contribution in [0.1, 0.15) is 47.3 Å². The Hall–Kier alpha value is -3.00. The second-order valence-electron chi connectivity index (χ2n) is 7.37. The Labute approximate surface area is 174 Å². The van der Waals surface area contributed by atoms with E-state index in [1.165, 1.54) is 23.1 Å². The van der Waals surface area contributed by atoms with Gasteiger partial charge in [0.1, 0.15) is 11.5 Å². The Morgan fingerprint density at radius 3 is 2.43 bits per heavy atom. The molecule has 3 rings (SSSR count). The van der Waals surface area contributed by atoms with E-state index in [4.69, 9.17) is 9.47 Å². The van der Waals surface area contributed by atoms with E-state index < -0.39 is 23.5 Å². The van der Waals surface area contributed by atoms with E-state index in [9.17, 15) is 18.8 Å². The maximum atomic E-state index is 14.6. The van der Waals surface area contributed by atoms with Crippen LogP contribution in [-0.2, 0) is 14.3 Å². The van der Waals surface area contributed by atoms with Crippen molar-refractivity contribution in [3.05, 3.63) is 47.0 Å². The zero-order valence-corrected chi connectivity index (χ0v) is 17.5. The van der Waals surface area contributed by atoms with E-state index in [0.717, 1.165) is 0 Å². The van der Waals surface area contributed by atoms with E-state index in [2.05, 4.69) is 4.98 Å². The van der Waals surface area contributed by atoms with Crippen molar-refractivity contribution < 1.29 is 28.2 Å². The molecule has 1 saturated heterocycles. The minimum Gasteiger partial charge on any atom is -0.462 e. The van der Waals surface area contributed by atoms with Gasteiger partial charge in [0.15, 0.2) is 0 Å². The third kappa shape index (κ3) is 4.14. The van der Waals surface area contributed by atoms with Gasteiger partial charge < -0.3 is 19.4 Å². The van der Waals surface area contributed by atoms with E-state index in [1.54, 1.807) is 19.9 Å². The van der Waals surface area contributed by atoms with Crippen LogP contribution in [0.15, 0.2) is 24.3 Å². The highest BCUT2D eigenvalue weighted by molar-refractivity contribution is 6.43. The van der Waals surface area contributed by atoms with Crippen LogP contribution in [0.2, 0.25) is 0 Å². The van der Waals surface area contributed by atoms with E-state index in [1.807, 2.05) is 13.8 Å². The van der Waals surface area contributed by atoms with Crippen LogP contribution in [0.5, 0.6) is 0 Å². The predicted octanol–water partition coefficient (Wildman–Crippen LogP) is 3.12. The smallest absolute Gasteiger partial charge is 0.340 e. The summed E-state index contributed by atoms with van der Waals surface area (Å²) in [5.41, 5.74) is 0.326. The molecule has 8 heteroatoms. The number of halogens is 1. The molecule has 2 heterocycles. The molecule has 1 amide bonds. The van der Waals surface area contributed by atoms with Gasteiger partial charge in [0.2, 0.25) is 0 Å². The minimum absolute atomic E-state index is 0.0387. The number of amides is 1. The van der Waals surface area contributed by atoms with Crippen molar-refractivity contribution >= 4 is 17.7 Å². The molecule has 1 aromatic carbocycles. The summed E-state index contributed by atoms with van der Waals surface area (Å²) >= 11 is 0. The number of Topliss-reactive ketones (excluding diaryl/α,β-unsaturated/α-hetero) is 1. The van der Waals surface area contributed by atoms with Gasteiger partial charge in [0.25, 0.3) is 11.7 Å². The van der Waals surface area contributed by atoms with Crippen LogP contribution in [0, 0.1) is 12.7 Å². The minimum atomic E-state index is -0.840. The van der Waals surface area contributed by atoms with Crippen LogP contribution < -0.4 is 0 Å². The Balaban J connectivity index is 2.09. The molecule has 30 heavy (non-hydrogen) atoms. The zero-order valence-electron chi connectivity index (χ0n) is 17.5. The molecule has 0 bridgehead atoms. The van der Waals surface area contributed by atoms with Gasteiger partial charge in [-0.15, -0.1) is 0 Å². The number of ketones is 1. The molecule has 0 saturated carbocycles. The molecule has 0 spiro atoms. The third-order valence-electron chi connectivity index (χ3n) is 4.94. The molecule has 160 valence electrons. The van der Waals surface area contributed by atoms with Gasteiger partial charge in [-0.3, -0.25) is 9.59 Å². The monoisotopic (exact) mass is 416 g/mol. The second kappa shape index (κ2) is 8.79. The summed E-state index contributed by atoms with van der Waals surface area (Å²) in [6.45, 7) is 7.54. The van der Waals surface area contributed by atoms with Gasteiger partial charge in [0, 0.05) is 29.9 Å². The summed E-state index contributed by atoms with van der Waals surface area (Å²) < 4.78 is 25.3. The third-order valence-corrected chi connectivity index (χ3v) is 4.94. The van der Waals surface area contributed by atoms with Crippen molar-refractivity contribution in [1.29, 1.82) is 0 Å². The first-order valence-corrected chi connectivity index (χ1v) is 9.88. The highest BCUT2D eigenvalue weighted by Gasteiger charge is 2.35. The Morgan fingerprint density at radius 2 is 1.83 bits per heavy atom. The number of carbonyl (C=O) groups is 3. The zero-order chi connectivity index (χ0) is 22.0. The van der Waals surface area contributed by atoms with Gasteiger partial charge in [-0.25, -0.2) is 9.18 Å². The van der Waals surface area contributed by atoms with Gasteiger partial charge in [-0.2, -0.15) is 0 Å². The van der Waals surface area contributed by atoms with E-state index in [0.29, 0.717) is 5.69 Å². The molecule has 1 aromatic heterocycles. The molecular weight excluding hydrogens is 391 g/mol. The van der Waals surface area contributed by atoms with E-state index in [-0.39, 0.29) is 54.3 Å². The summed E-state index contributed by atoms with van der Waals surface area (Å²) in [5.74, 6) is -2.87. The summed E-state index contributed by atoms with van der Waals surface area (Å²) in [6.07, 6.45) is -0.422. The average molecular weight is 416 g/mol. The first-order chi connectivity index (χ1) is 14.2. The van der Waals surface area contributed by atoms with Gasteiger partial charge >= 0.3 is 5.97 Å². The first kappa shape index (κ1) is 21.7. The second-order valence-corrected chi connectivity index (χ2v) is 7.37. The van der Waals surface area contributed by atoms with Gasteiger partial charge in [0.05, 0.1) is 24.4 Å². The lowest BCUT2D eigenvalue weighted by Gasteiger charge is -2.34. The van der Waals surface area contributed by atoms with Crippen molar-refractivity contribution in [2.24, 2.45) is 0 Å². The lowest BCUT2D eigenvalue weighted by atomic mass is 9.97. The number of carbonyl (C=O) groups excluding carboxylic acids is 3. The van der Waals surface area contributed by atoms with Crippen LogP contribution in [0.4, 0.5) is 4.39 Å². The number of benzene rings is 1. The molecule has 1 aliphatic heterocycles. The molecular formula is C22H25FN2O5. The van der Waals surface area contributed by atoms with Crippen molar-refractivity contribution in [3.63, 3.8) is 0 Å². The van der Waals surface area contributed by atoms with Crippen LogP contribution in [0.3, 0.4) is 0 Å². The van der Waals surface area contributed by atoms with Crippen molar-refractivity contribution in [2.75, 3.05) is 19.7 Å². The Bertz CT molecular complexity index is 974. The lowest BCUT2D eigenvalue weighted by molar-refractivity contribution is -0.138. The normalized spacial score (nSPS) is 18.9. The number of morpholine rings is 1. The Kier molecular flexibility index (Phi) is 6.36. The number of nitrogens with one attached hydrogen (secondary N) is 1. The molecule has 1 aliphatic rings. The predicted molar refractivity (Wildman–Crippen MR) is 108 cm³/mol. The van der Waals surface area contributed by atoms with Crippen LogP contribution in [0.25, 0.3) is 11.1 Å². The van der Waals surface area contributed by atoms with E-state index >= 15 is 0 Å². The van der Waals surface area contributed by atoms with Crippen LogP contribution in [-0.4, -0.2) is 59.4 Å². The number of hydrogen-bond acceptors (Lipinski definition) is 5. The number of hydrogen-bond donors (Lipinski definition) is 1. The average Bonchev–Trinajstić information content (AvgIpc) is 3.03. The summed E-state index contributed by atoms with van der Waals surface area (Å²) in [5, 5.41) is 0. The Morgan fingerprint density at radius 1 is 1.20 bits per heavy atom.